The summed E-state index contributed by atoms with van der Waals surface area (Å²) in [4.78, 5) is 16.7. The molecule has 0 bridgehead atoms. The van der Waals surface area contributed by atoms with Crippen molar-refractivity contribution in [2.45, 2.75) is 23.2 Å². The second-order valence-electron chi connectivity index (χ2n) is 7.65. The van der Waals surface area contributed by atoms with Gasteiger partial charge in [-0.1, -0.05) is 72.8 Å². The smallest absolute Gasteiger partial charge is 0.238 e. The fourth-order valence-corrected chi connectivity index (χ4v) is 4.74. The van der Waals surface area contributed by atoms with Gasteiger partial charge in [-0.3, -0.25) is 9.69 Å². The standard InChI is InChI=1S/C26H28N2O2S/c29-26(25(23-10-3-1-4-11-23)31-24-12-5-2-6-13-24)27-19-21-8-7-9-22(18-21)20-28-14-16-30-17-15-28/h1-13,18,25H,14-17,19-20H2,(H,27,29). The summed E-state index contributed by atoms with van der Waals surface area (Å²) >= 11 is 1.58. The Balaban J connectivity index is 1.41. The summed E-state index contributed by atoms with van der Waals surface area (Å²) < 4.78 is 5.44. The van der Waals surface area contributed by atoms with E-state index < -0.39 is 0 Å². The molecule has 0 radical (unpaired) electrons. The number of amides is 1. The van der Waals surface area contributed by atoms with Gasteiger partial charge in [0.25, 0.3) is 0 Å². The van der Waals surface area contributed by atoms with E-state index in [0.717, 1.165) is 48.9 Å². The number of rotatable bonds is 8. The van der Waals surface area contributed by atoms with Crippen LogP contribution in [0.4, 0.5) is 0 Å². The van der Waals surface area contributed by atoms with Crippen LogP contribution in [-0.2, 0) is 22.6 Å². The zero-order valence-electron chi connectivity index (χ0n) is 17.6. The zero-order valence-corrected chi connectivity index (χ0v) is 18.4. The maximum Gasteiger partial charge on any atom is 0.238 e. The van der Waals surface area contributed by atoms with Crippen molar-refractivity contribution < 1.29 is 9.53 Å². The van der Waals surface area contributed by atoms with Gasteiger partial charge in [0.2, 0.25) is 5.91 Å². The summed E-state index contributed by atoms with van der Waals surface area (Å²) in [5, 5.41) is 2.86. The van der Waals surface area contributed by atoms with E-state index in [9.17, 15) is 4.79 Å². The van der Waals surface area contributed by atoms with E-state index in [1.165, 1.54) is 5.56 Å². The minimum absolute atomic E-state index is 0.0265. The maximum absolute atomic E-state index is 13.2. The van der Waals surface area contributed by atoms with E-state index in [4.69, 9.17) is 4.74 Å². The number of carbonyl (C=O) groups excluding carboxylic acids is 1. The molecule has 1 saturated heterocycles. The van der Waals surface area contributed by atoms with Gasteiger partial charge in [-0.15, -0.1) is 11.8 Å². The maximum atomic E-state index is 13.2. The number of ether oxygens (including phenoxy) is 1. The zero-order chi connectivity index (χ0) is 21.3. The molecule has 0 spiro atoms. The second kappa shape index (κ2) is 11.1. The lowest BCUT2D eigenvalue weighted by Gasteiger charge is -2.26. The molecule has 5 heteroatoms. The van der Waals surface area contributed by atoms with Crippen molar-refractivity contribution in [3.8, 4) is 0 Å². The van der Waals surface area contributed by atoms with Crippen LogP contribution in [0.5, 0.6) is 0 Å². The third-order valence-corrected chi connectivity index (χ3v) is 6.57. The highest BCUT2D eigenvalue weighted by Gasteiger charge is 2.21. The molecule has 1 atom stereocenters. The lowest BCUT2D eigenvalue weighted by molar-refractivity contribution is -0.120. The van der Waals surface area contributed by atoms with Gasteiger partial charge in [-0.2, -0.15) is 0 Å². The average molecular weight is 433 g/mol. The van der Waals surface area contributed by atoms with Crippen molar-refractivity contribution in [3.05, 3.63) is 102 Å². The fourth-order valence-electron chi connectivity index (χ4n) is 3.67. The Bertz CT molecular complexity index is 959. The van der Waals surface area contributed by atoms with Crippen LogP contribution in [0.2, 0.25) is 0 Å². The third kappa shape index (κ3) is 6.44. The molecule has 4 nitrogen and oxygen atoms in total. The van der Waals surface area contributed by atoms with Crippen molar-refractivity contribution >= 4 is 17.7 Å². The van der Waals surface area contributed by atoms with Gasteiger partial charge in [0.1, 0.15) is 5.25 Å². The van der Waals surface area contributed by atoms with Crippen molar-refractivity contribution in [1.82, 2.24) is 10.2 Å². The summed E-state index contributed by atoms with van der Waals surface area (Å²) in [6.45, 7) is 4.98. The van der Waals surface area contributed by atoms with E-state index in [-0.39, 0.29) is 11.2 Å². The summed E-state index contributed by atoms with van der Waals surface area (Å²) in [7, 11) is 0. The van der Waals surface area contributed by atoms with Gasteiger partial charge in [-0.25, -0.2) is 0 Å². The number of thioether (sulfide) groups is 1. The Kier molecular flexibility index (Phi) is 7.77. The monoisotopic (exact) mass is 432 g/mol. The third-order valence-electron chi connectivity index (χ3n) is 5.31. The summed E-state index contributed by atoms with van der Waals surface area (Å²) in [5.41, 5.74) is 3.40. The highest BCUT2D eigenvalue weighted by Crippen LogP contribution is 2.35. The van der Waals surface area contributed by atoms with Crippen LogP contribution in [0.15, 0.2) is 89.8 Å². The second-order valence-corrected chi connectivity index (χ2v) is 8.83. The summed E-state index contributed by atoms with van der Waals surface area (Å²) in [6.07, 6.45) is 0. The van der Waals surface area contributed by atoms with Crippen LogP contribution in [0.3, 0.4) is 0 Å². The predicted octanol–water partition coefficient (Wildman–Crippen LogP) is 4.67. The molecule has 31 heavy (non-hydrogen) atoms. The molecule has 1 aliphatic rings. The van der Waals surface area contributed by atoms with E-state index >= 15 is 0 Å². The van der Waals surface area contributed by atoms with Crippen LogP contribution in [-0.4, -0.2) is 37.1 Å². The molecule has 0 saturated carbocycles. The van der Waals surface area contributed by atoms with E-state index in [1.807, 2.05) is 60.7 Å². The molecule has 1 fully saturated rings. The topological polar surface area (TPSA) is 41.6 Å². The first kappa shape index (κ1) is 21.6. The first-order valence-corrected chi connectivity index (χ1v) is 11.6. The largest absolute Gasteiger partial charge is 0.379 e. The Labute approximate surface area is 188 Å². The normalized spacial score (nSPS) is 15.4. The molecule has 1 unspecified atom stereocenters. The van der Waals surface area contributed by atoms with Gasteiger partial charge >= 0.3 is 0 Å². The van der Waals surface area contributed by atoms with Crippen molar-refractivity contribution in [2.24, 2.45) is 0 Å². The fraction of sp³-hybridized carbons (Fsp3) is 0.269. The quantitative estimate of drug-likeness (QED) is 0.525. The van der Waals surface area contributed by atoms with Gasteiger partial charge in [0.05, 0.1) is 13.2 Å². The Morgan fingerprint density at radius 2 is 1.58 bits per heavy atom. The van der Waals surface area contributed by atoms with Gasteiger partial charge < -0.3 is 10.1 Å². The van der Waals surface area contributed by atoms with Crippen LogP contribution in [0.25, 0.3) is 0 Å². The van der Waals surface area contributed by atoms with Gasteiger partial charge in [0.15, 0.2) is 0 Å². The summed E-state index contributed by atoms with van der Waals surface area (Å²) in [6, 6.07) is 28.6. The SMILES string of the molecule is O=C(NCc1cccc(CN2CCOCC2)c1)C(Sc1ccccc1)c1ccccc1. The van der Waals surface area contributed by atoms with Crippen LogP contribution in [0, 0.1) is 0 Å². The lowest BCUT2D eigenvalue weighted by atomic mass is 10.1. The minimum Gasteiger partial charge on any atom is -0.379 e. The molecule has 1 N–H and O–H groups in total. The average Bonchev–Trinajstić information content (AvgIpc) is 2.83. The Morgan fingerprint density at radius 1 is 0.903 bits per heavy atom. The molecule has 0 aliphatic carbocycles. The molecule has 3 aromatic rings. The minimum atomic E-state index is -0.292. The van der Waals surface area contributed by atoms with Crippen molar-refractivity contribution in [1.29, 1.82) is 0 Å². The van der Waals surface area contributed by atoms with Gasteiger partial charge in [-0.05, 0) is 28.8 Å². The molecule has 3 aromatic carbocycles. The molecule has 1 heterocycles. The van der Waals surface area contributed by atoms with Crippen LogP contribution < -0.4 is 5.32 Å². The lowest BCUT2D eigenvalue weighted by Crippen LogP contribution is -2.35. The molecule has 1 aliphatic heterocycles. The van der Waals surface area contributed by atoms with Crippen LogP contribution >= 0.6 is 11.8 Å². The number of nitrogens with zero attached hydrogens (tertiary/aromatic N) is 1. The van der Waals surface area contributed by atoms with E-state index in [1.54, 1.807) is 11.8 Å². The van der Waals surface area contributed by atoms with E-state index in [2.05, 4.69) is 34.5 Å². The highest BCUT2D eigenvalue weighted by molar-refractivity contribution is 8.00. The number of hydrogen-bond donors (Lipinski definition) is 1. The molecule has 4 rings (SSSR count). The number of nitrogens with one attached hydrogen (secondary N) is 1. The van der Waals surface area contributed by atoms with Crippen molar-refractivity contribution in [2.75, 3.05) is 26.3 Å². The molecular weight excluding hydrogens is 404 g/mol. The number of carbonyl (C=O) groups is 1. The first-order valence-electron chi connectivity index (χ1n) is 10.7. The Hall–Kier alpha value is -2.60. The number of benzene rings is 3. The van der Waals surface area contributed by atoms with Crippen LogP contribution in [0.1, 0.15) is 21.9 Å². The molecular formula is C26H28N2O2S. The van der Waals surface area contributed by atoms with E-state index in [0.29, 0.717) is 6.54 Å². The molecule has 160 valence electrons. The highest BCUT2D eigenvalue weighted by atomic mass is 32.2. The molecule has 1 amide bonds. The summed E-state index contributed by atoms with van der Waals surface area (Å²) in [5.74, 6) is 0.0265. The molecule has 0 aromatic heterocycles. The van der Waals surface area contributed by atoms with Gasteiger partial charge in [0, 0.05) is 31.1 Å². The predicted molar refractivity (Wildman–Crippen MR) is 126 cm³/mol. The first-order chi connectivity index (χ1) is 15.3. The van der Waals surface area contributed by atoms with Crippen molar-refractivity contribution in [3.63, 3.8) is 0 Å². The number of morpholine rings is 1. The Morgan fingerprint density at radius 3 is 2.32 bits per heavy atom. The number of hydrogen-bond acceptors (Lipinski definition) is 4.